The van der Waals surface area contributed by atoms with E-state index in [4.69, 9.17) is 10.8 Å². The number of carboxylic acids is 1. The Hall–Kier alpha value is -2.28. The Labute approximate surface area is 110 Å². The molecule has 0 aliphatic heterocycles. The van der Waals surface area contributed by atoms with Crippen molar-refractivity contribution in [2.75, 3.05) is 0 Å². The molecule has 0 bridgehead atoms. The second kappa shape index (κ2) is 6.05. The second-order valence-electron chi connectivity index (χ2n) is 4.23. The standard InChI is InChI=1S/C12H15N5O2/c13-11(12(18)19)6-10-8-17(16-15-10)5-3-9-2-1-4-14-7-9/h1-2,4,7-8,11H,3,5-6,13H2,(H,18,19). The summed E-state index contributed by atoms with van der Waals surface area (Å²) >= 11 is 0. The third kappa shape index (κ3) is 3.85. The zero-order valence-electron chi connectivity index (χ0n) is 10.3. The first-order valence-electron chi connectivity index (χ1n) is 5.91. The molecule has 0 aromatic carbocycles. The van der Waals surface area contributed by atoms with Crippen molar-refractivity contribution in [3.8, 4) is 0 Å². The average Bonchev–Trinajstić information content (AvgIpc) is 2.85. The van der Waals surface area contributed by atoms with Crippen LogP contribution in [0.25, 0.3) is 0 Å². The zero-order valence-corrected chi connectivity index (χ0v) is 10.3. The van der Waals surface area contributed by atoms with Gasteiger partial charge in [-0.15, -0.1) is 5.10 Å². The molecule has 0 spiro atoms. The van der Waals surface area contributed by atoms with Gasteiger partial charge < -0.3 is 10.8 Å². The Balaban J connectivity index is 1.89. The van der Waals surface area contributed by atoms with E-state index in [1.54, 1.807) is 23.3 Å². The lowest BCUT2D eigenvalue weighted by molar-refractivity contribution is -0.138. The van der Waals surface area contributed by atoms with Gasteiger partial charge in [-0.1, -0.05) is 11.3 Å². The normalized spacial score (nSPS) is 12.3. The fourth-order valence-electron chi connectivity index (χ4n) is 1.64. The predicted octanol–water partition coefficient (Wildman–Crippen LogP) is -0.130. The van der Waals surface area contributed by atoms with Crippen LogP contribution in [0.3, 0.4) is 0 Å². The Bertz CT molecular complexity index is 540. The number of hydrogen-bond donors (Lipinski definition) is 2. The molecular formula is C12H15N5O2. The topological polar surface area (TPSA) is 107 Å². The highest BCUT2D eigenvalue weighted by Crippen LogP contribution is 2.01. The molecule has 100 valence electrons. The van der Waals surface area contributed by atoms with E-state index in [2.05, 4.69) is 15.3 Å². The summed E-state index contributed by atoms with van der Waals surface area (Å²) in [5.41, 5.74) is 7.14. The fraction of sp³-hybridized carbons (Fsp3) is 0.333. The van der Waals surface area contributed by atoms with E-state index < -0.39 is 12.0 Å². The Morgan fingerprint density at radius 1 is 1.53 bits per heavy atom. The van der Waals surface area contributed by atoms with Gasteiger partial charge in [-0.2, -0.15) is 0 Å². The smallest absolute Gasteiger partial charge is 0.320 e. The average molecular weight is 261 g/mol. The van der Waals surface area contributed by atoms with Crippen molar-refractivity contribution in [2.24, 2.45) is 5.73 Å². The van der Waals surface area contributed by atoms with Crippen LogP contribution >= 0.6 is 0 Å². The van der Waals surface area contributed by atoms with Gasteiger partial charge in [0.1, 0.15) is 6.04 Å². The van der Waals surface area contributed by atoms with Crippen LogP contribution in [-0.2, 0) is 24.2 Å². The van der Waals surface area contributed by atoms with E-state index in [0.717, 1.165) is 12.0 Å². The summed E-state index contributed by atoms with van der Waals surface area (Å²) < 4.78 is 1.68. The molecule has 7 nitrogen and oxygen atoms in total. The van der Waals surface area contributed by atoms with Crippen LogP contribution in [0.5, 0.6) is 0 Å². The molecule has 1 unspecified atom stereocenters. The molecular weight excluding hydrogens is 246 g/mol. The number of aryl methyl sites for hydroxylation is 2. The largest absolute Gasteiger partial charge is 0.480 e. The van der Waals surface area contributed by atoms with E-state index in [1.165, 1.54) is 0 Å². The SMILES string of the molecule is NC(Cc1cn(CCc2cccnc2)nn1)C(=O)O. The Morgan fingerprint density at radius 2 is 2.37 bits per heavy atom. The predicted molar refractivity (Wildman–Crippen MR) is 67.3 cm³/mol. The molecule has 0 fully saturated rings. The van der Waals surface area contributed by atoms with Crippen molar-refractivity contribution < 1.29 is 9.90 Å². The molecule has 0 radical (unpaired) electrons. The van der Waals surface area contributed by atoms with Gasteiger partial charge in [-0.05, 0) is 18.1 Å². The van der Waals surface area contributed by atoms with Crippen LogP contribution < -0.4 is 5.73 Å². The summed E-state index contributed by atoms with van der Waals surface area (Å²) in [4.78, 5) is 14.7. The lowest BCUT2D eigenvalue weighted by atomic mass is 10.2. The molecule has 2 heterocycles. The van der Waals surface area contributed by atoms with Crippen LogP contribution in [0, 0.1) is 0 Å². The third-order valence-electron chi connectivity index (χ3n) is 2.68. The first kappa shape index (κ1) is 13.2. The molecule has 3 N–H and O–H groups in total. The van der Waals surface area contributed by atoms with Gasteiger partial charge in [0.2, 0.25) is 0 Å². The Morgan fingerprint density at radius 3 is 3.05 bits per heavy atom. The molecule has 2 aromatic rings. The summed E-state index contributed by atoms with van der Waals surface area (Å²) in [5, 5.41) is 16.6. The number of nitrogens with two attached hydrogens (primary N) is 1. The molecule has 0 aliphatic rings. The third-order valence-corrected chi connectivity index (χ3v) is 2.68. The molecule has 1 atom stereocenters. The van der Waals surface area contributed by atoms with E-state index in [-0.39, 0.29) is 6.42 Å². The highest BCUT2D eigenvalue weighted by atomic mass is 16.4. The summed E-state index contributed by atoms with van der Waals surface area (Å²) in [5.74, 6) is -1.04. The summed E-state index contributed by atoms with van der Waals surface area (Å²) in [6.45, 7) is 0.668. The number of nitrogens with zero attached hydrogens (tertiary/aromatic N) is 4. The fourth-order valence-corrected chi connectivity index (χ4v) is 1.64. The molecule has 2 aromatic heterocycles. The number of carbonyl (C=O) groups is 1. The first-order chi connectivity index (χ1) is 9.15. The number of pyridine rings is 1. The van der Waals surface area contributed by atoms with Gasteiger partial charge in [-0.25, -0.2) is 0 Å². The Kier molecular flexibility index (Phi) is 4.19. The number of carboxylic acid groups (broad SMARTS) is 1. The van der Waals surface area contributed by atoms with Crippen LogP contribution in [0.4, 0.5) is 0 Å². The minimum Gasteiger partial charge on any atom is -0.480 e. The quantitative estimate of drug-likeness (QED) is 0.750. The van der Waals surface area contributed by atoms with E-state index in [9.17, 15) is 4.79 Å². The number of aromatic nitrogens is 4. The van der Waals surface area contributed by atoms with Gasteiger partial charge >= 0.3 is 5.97 Å². The minimum absolute atomic E-state index is 0.183. The van der Waals surface area contributed by atoms with Crippen molar-refractivity contribution in [1.29, 1.82) is 0 Å². The van der Waals surface area contributed by atoms with Crippen molar-refractivity contribution in [3.63, 3.8) is 0 Å². The summed E-state index contributed by atoms with van der Waals surface area (Å²) in [7, 11) is 0. The summed E-state index contributed by atoms with van der Waals surface area (Å²) in [6, 6.07) is 2.93. The molecule has 19 heavy (non-hydrogen) atoms. The van der Waals surface area contributed by atoms with Gasteiger partial charge in [0.25, 0.3) is 0 Å². The molecule has 0 aliphatic carbocycles. The van der Waals surface area contributed by atoms with Crippen molar-refractivity contribution >= 4 is 5.97 Å². The van der Waals surface area contributed by atoms with Crippen molar-refractivity contribution in [2.45, 2.75) is 25.4 Å². The summed E-state index contributed by atoms with van der Waals surface area (Å²) in [6.07, 6.45) is 6.23. The van der Waals surface area contributed by atoms with E-state index in [0.29, 0.717) is 12.2 Å². The first-order valence-corrected chi connectivity index (χ1v) is 5.91. The van der Waals surface area contributed by atoms with Crippen LogP contribution in [-0.4, -0.2) is 37.1 Å². The van der Waals surface area contributed by atoms with Crippen molar-refractivity contribution in [3.05, 3.63) is 42.0 Å². The maximum absolute atomic E-state index is 10.6. The lowest BCUT2D eigenvalue weighted by Gasteiger charge is -2.02. The lowest BCUT2D eigenvalue weighted by Crippen LogP contribution is -2.32. The number of rotatable bonds is 6. The number of hydrogen-bond acceptors (Lipinski definition) is 5. The van der Waals surface area contributed by atoms with Crippen LogP contribution in [0.1, 0.15) is 11.3 Å². The molecule has 2 rings (SSSR count). The molecule has 0 amide bonds. The molecule has 7 heteroatoms. The number of aliphatic carboxylic acids is 1. The maximum atomic E-state index is 10.6. The van der Waals surface area contributed by atoms with Gasteiger partial charge in [0.15, 0.2) is 0 Å². The van der Waals surface area contributed by atoms with E-state index in [1.807, 2.05) is 12.1 Å². The molecule has 0 saturated heterocycles. The van der Waals surface area contributed by atoms with Gasteiger partial charge in [0.05, 0.1) is 5.69 Å². The second-order valence-corrected chi connectivity index (χ2v) is 4.23. The van der Waals surface area contributed by atoms with Gasteiger partial charge in [-0.3, -0.25) is 14.5 Å². The van der Waals surface area contributed by atoms with Crippen molar-refractivity contribution in [1.82, 2.24) is 20.0 Å². The minimum atomic E-state index is -1.04. The highest BCUT2D eigenvalue weighted by molar-refractivity contribution is 5.73. The monoisotopic (exact) mass is 261 g/mol. The van der Waals surface area contributed by atoms with E-state index >= 15 is 0 Å². The van der Waals surface area contributed by atoms with Crippen LogP contribution in [0.2, 0.25) is 0 Å². The van der Waals surface area contributed by atoms with Crippen LogP contribution in [0.15, 0.2) is 30.7 Å². The highest BCUT2D eigenvalue weighted by Gasteiger charge is 2.14. The maximum Gasteiger partial charge on any atom is 0.320 e. The zero-order chi connectivity index (χ0) is 13.7. The molecule has 0 saturated carbocycles. The van der Waals surface area contributed by atoms with Gasteiger partial charge in [0, 0.05) is 31.6 Å².